The summed E-state index contributed by atoms with van der Waals surface area (Å²) in [5, 5.41) is 4.99. The minimum absolute atomic E-state index is 0.115. The first-order valence-electron chi connectivity index (χ1n) is 8.99. The first-order valence-corrected chi connectivity index (χ1v) is 10.4. The van der Waals surface area contributed by atoms with Gasteiger partial charge < -0.3 is 19.4 Å². The van der Waals surface area contributed by atoms with Crippen molar-refractivity contribution in [2.24, 2.45) is 0 Å². The third-order valence-electron chi connectivity index (χ3n) is 5.04. The number of benzene rings is 2. The van der Waals surface area contributed by atoms with E-state index in [1.165, 1.54) is 0 Å². The summed E-state index contributed by atoms with van der Waals surface area (Å²) in [7, 11) is 0.698. The average Bonchev–Trinajstić information content (AvgIpc) is 2.94. The van der Waals surface area contributed by atoms with E-state index < -0.39 is 10.8 Å². The van der Waals surface area contributed by atoms with Crippen molar-refractivity contribution in [1.29, 1.82) is 0 Å². The number of fused-ring (bicyclic) bond motifs is 3. The molecule has 1 aliphatic heterocycles. The Balaban J connectivity index is 1.63. The smallest absolute Gasteiger partial charge is 0.321 e. The first-order chi connectivity index (χ1) is 13.1. The number of hydrogen-bond donors (Lipinski definition) is 1. The zero-order valence-electron chi connectivity index (χ0n) is 15.4. The van der Waals surface area contributed by atoms with Crippen LogP contribution in [0.3, 0.4) is 0 Å². The SMILES string of the molecule is COc1cc2c(cc1NC(=O)N1CCC(C)S(=O)CC1)oc1ccccc12. The summed E-state index contributed by atoms with van der Waals surface area (Å²) in [5.41, 5.74) is 2.05. The number of nitrogens with one attached hydrogen (secondary N) is 1. The highest BCUT2D eigenvalue weighted by Crippen LogP contribution is 2.36. The molecule has 1 aromatic heterocycles. The number of carbonyl (C=O) groups is 1. The summed E-state index contributed by atoms with van der Waals surface area (Å²) in [4.78, 5) is 14.5. The van der Waals surface area contributed by atoms with Crippen LogP contribution in [0.1, 0.15) is 13.3 Å². The fourth-order valence-corrected chi connectivity index (χ4v) is 4.57. The fourth-order valence-electron chi connectivity index (χ4n) is 3.40. The van der Waals surface area contributed by atoms with E-state index in [-0.39, 0.29) is 11.3 Å². The third-order valence-corrected chi connectivity index (χ3v) is 6.76. The number of methoxy groups -OCH3 is 1. The summed E-state index contributed by atoms with van der Waals surface area (Å²) in [6.07, 6.45) is 0.736. The van der Waals surface area contributed by atoms with Gasteiger partial charge >= 0.3 is 6.03 Å². The molecule has 2 unspecified atom stereocenters. The molecule has 1 fully saturated rings. The molecule has 0 radical (unpaired) electrons. The first kappa shape index (κ1) is 17.9. The van der Waals surface area contributed by atoms with Gasteiger partial charge in [-0.1, -0.05) is 25.1 Å². The van der Waals surface area contributed by atoms with Crippen molar-refractivity contribution in [1.82, 2.24) is 4.90 Å². The molecule has 2 atom stereocenters. The maximum absolute atomic E-state index is 12.7. The highest BCUT2D eigenvalue weighted by atomic mass is 32.2. The summed E-state index contributed by atoms with van der Waals surface area (Å²) in [6.45, 7) is 3.04. The Morgan fingerprint density at radius 1 is 1.22 bits per heavy atom. The summed E-state index contributed by atoms with van der Waals surface area (Å²) >= 11 is 0. The molecule has 0 spiro atoms. The van der Waals surface area contributed by atoms with E-state index in [1.54, 1.807) is 18.1 Å². The van der Waals surface area contributed by atoms with Crippen LogP contribution < -0.4 is 10.1 Å². The highest BCUT2D eigenvalue weighted by Gasteiger charge is 2.23. The van der Waals surface area contributed by atoms with Crippen LogP contribution in [0.25, 0.3) is 21.9 Å². The van der Waals surface area contributed by atoms with Gasteiger partial charge in [-0.15, -0.1) is 0 Å². The Morgan fingerprint density at radius 2 is 2.04 bits per heavy atom. The van der Waals surface area contributed by atoms with Gasteiger partial charge in [-0.25, -0.2) is 4.79 Å². The van der Waals surface area contributed by atoms with Gasteiger partial charge in [0.25, 0.3) is 0 Å². The second-order valence-electron chi connectivity index (χ2n) is 6.75. The lowest BCUT2D eigenvalue weighted by Gasteiger charge is -2.21. The Labute approximate surface area is 159 Å². The lowest BCUT2D eigenvalue weighted by atomic mass is 10.1. The van der Waals surface area contributed by atoms with Crippen molar-refractivity contribution in [3.05, 3.63) is 36.4 Å². The van der Waals surface area contributed by atoms with Gasteiger partial charge in [-0.05, 0) is 18.6 Å². The van der Waals surface area contributed by atoms with E-state index >= 15 is 0 Å². The second kappa shape index (κ2) is 7.23. The molecule has 0 saturated carbocycles. The number of carbonyl (C=O) groups excluding carboxylic acids is 1. The van der Waals surface area contributed by atoms with Crippen molar-refractivity contribution in [3.8, 4) is 5.75 Å². The average molecular weight is 386 g/mol. The molecule has 2 heterocycles. The monoisotopic (exact) mass is 386 g/mol. The van der Waals surface area contributed by atoms with Crippen LogP contribution in [-0.4, -0.2) is 46.3 Å². The number of amides is 2. The van der Waals surface area contributed by atoms with Crippen LogP contribution in [0, 0.1) is 0 Å². The minimum atomic E-state index is -0.881. The summed E-state index contributed by atoms with van der Waals surface area (Å²) in [5.74, 6) is 1.09. The lowest BCUT2D eigenvalue weighted by Crippen LogP contribution is -2.36. The Kier molecular flexibility index (Phi) is 4.78. The molecule has 0 aliphatic carbocycles. The van der Waals surface area contributed by atoms with Crippen LogP contribution in [0.5, 0.6) is 5.75 Å². The predicted molar refractivity (Wildman–Crippen MR) is 108 cm³/mol. The summed E-state index contributed by atoms with van der Waals surface area (Å²) < 4.78 is 23.4. The van der Waals surface area contributed by atoms with E-state index in [2.05, 4.69) is 5.32 Å². The molecule has 2 amide bonds. The van der Waals surface area contributed by atoms with Crippen LogP contribution in [0.2, 0.25) is 0 Å². The van der Waals surface area contributed by atoms with Crippen LogP contribution in [-0.2, 0) is 10.8 Å². The largest absolute Gasteiger partial charge is 0.495 e. The molecular formula is C20H22N2O4S. The quantitative estimate of drug-likeness (QED) is 0.723. The Bertz CT molecular complexity index is 1030. The van der Waals surface area contributed by atoms with E-state index in [0.29, 0.717) is 35.9 Å². The topological polar surface area (TPSA) is 71.8 Å². The Morgan fingerprint density at radius 3 is 2.85 bits per heavy atom. The maximum Gasteiger partial charge on any atom is 0.321 e. The van der Waals surface area contributed by atoms with Crippen molar-refractivity contribution < 1.29 is 18.2 Å². The molecule has 142 valence electrons. The zero-order valence-corrected chi connectivity index (χ0v) is 16.2. The number of rotatable bonds is 2. The standard InChI is InChI=1S/C20H22N2O4S/c1-13-7-8-22(9-10-27(13)24)20(23)21-16-12-18-15(11-19(16)25-2)14-5-3-4-6-17(14)26-18/h3-6,11-13H,7-10H2,1-2H3,(H,21,23). The molecule has 27 heavy (non-hydrogen) atoms. The van der Waals surface area contributed by atoms with Crippen LogP contribution in [0.15, 0.2) is 40.8 Å². The van der Waals surface area contributed by atoms with Crippen LogP contribution in [0.4, 0.5) is 10.5 Å². The van der Waals surface area contributed by atoms with Gasteiger partial charge in [0.2, 0.25) is 0 Å². The van der Waals surface area contributed by atoms with Crippen molar-refractivity contribution >= 4 is 44.5 Å². The molecule has 3 aromatic rings. The van der Waals surface area contributed by atoms with Crippen LogP contribution >= 0.6 is 0 Å². The molecular weight excluding hydrogens is 364 g/mol. The third kappa shape index (κ3) is 3.39. The fraction of sp³-hybridized carbons (Fsp3) is 0.350. The second-order valence-corrected chi connectivity index (χ2v) is 8.72. The van der Waals surface area contributed by atoms with Gasteiger partial charge in [0.1, 0.15) is 16.9 Å². The number of furan rings is 1. The molecule has 6 nitrogen and oxygen atoms in total. The van der Waals surface area contributed by atoms with Gasteiger partial charge in [-0.2, -0.15) is 0 Å². The number of ether oxygens (including phenoxy) is 1. The molecule has 2 aromatic carbocycles. The van der Waals surface area contributed by atoms with E-state index in [4.69, 9.17) is 9.15 Å². The number of hydrogen-bond acceptors (Lipinski definition) is 4. The molecule has 1 aliphatic rings. The molecule has 4 rings (SSSR count). The van der Waals surface area contributed by atoms with Crippen molar-refractivity contribution in [2.45, 2.75) is 18.6 Å². The number of para-hydroxylation sites is 1. The molecule has 1 saturated heterocycles. The maximum atomic E-state index is 12.7. The number of nitrogens with zero attached hydrogens (tertiary/aromatic N) is 1. The minimum Gasteiger partial charge on any atom is -0.495 e. The molecule has 7 heteroatoms. The van der Waals surface area contributed by atoms with Gasteiger partial charge in [-0.3, -0.25) is 4.21 Å². The van der Waals surface area contributed by atoms with Gasteiger partial charge in [0, 0.05) is 51.7 Å². The predicted octanol–water partition coefficient (Wildman–Crippen LogP) is 3.97. The van der Waals surface area contributed by atoms with E-state index in [0.717, 1.165) is 22.8 Å². The van der Waals surface area contributed by atoms with Crippen molar-refractivity contribution in [3.63, 3.8) is 0 Å². The Hall–Kier alpha value is -2.54. The number of urea groups is 1. The lowest BCUT2D eigenvalue weighted by molar-refractivity contribution is 0.215. The highest BCUT2D eigenvalue weighted by molar-refractivity contribution is 7.85. The number of anilines is 1. The van der Waals surface area contributed by atoms with Gasteiger partial charge in [0.15, 0.2) is 0 Å². The van der Waals surface area contributed by atoms with E-state index in [9.17, 15) is 9.00 Å². The van der Waals surface area contributed by atoms with Crippen molar-refractivity contribution in [2.75, 3.05) is 31.3 Å². The van der Waals surface area contributed by atoms with Gasteiger partial charge in [0.05, 0.1) is 12.8 Å². The normalized spacial score (nSPS) is 20.6. The molecule has 1 N–H and O–H groups in total. The summed E-state index contributed by atoms with van der Waals surface area (Å²) in [6, 6.07) is 11.3. The molecule has 0 bridgehead atoms. The van der Waals surface area contributed by atoms with E-state index in [1.807, 2.05) is 37.3 Å². The zero-order chi connectivity index (χ0) is 19.0.